The molecule has 0 saturated heterocycles. The normalized spacial score (nSPS) is 12.2. The predicted molar refractivity (Wildman–Crippen MR) is 98.9 cm³/mol. The molecular weight excluding hydrogens is 316 g/mol. The second-order valence-corrected chi connectivity index (χ2v) is 6.28. The molecule has 5 heteroatoms. The molecule has 0 radical (unpaired) electrons. The van der Waals surface area contributed by atoms with Crippen molar-refractivity contribution in [3.05, 3.63) is 54.0 Å². The third-order valence-electron chi connectivity index (χ3n) is 4.08. The molecule has 0 unspecified atom stereocenters. The Morgan fingerprint density at radius 2 is 1.96 bits per heavy atom. The molecule has 0 bridgehead atoms. The van der Waals surface area contributed by atoms with Crippen LogP contribution in [0.2, 0.25) is 0 Å². The van der Waals surface area contributed by atoms with Gasteiger partial charge in [0.2, 0.25) is 0 Å². The summed E-state index contributed by atoms with van der Waals surface area (Å²) in [7, 11) is 3.92. The fraction of sp³-hybridized carbons (Fsp3) is 0.450. The van der Waals surface area contributed by atoms with Crippen LogP contribution in [0.15, 0.2) is 47.1 Å². The highest BCUT2D eigenvalue weighted by molar-refractivity contribution is 5.94. The van der Waals surface area contributed by atoms with Crippen molar-refractivity contribution in [1.29, 1.82) is 0 Å². The molecule has 1 atom stereocenters. The van der Waals surface area contributed by atoms with Gasteiger partial charge in [0.05, 0.1) is 18.9 Å². The smallest absolute Gasteiger partial charge is 0.251 e. The monoisotopic (exact) mass is 344 g/mol. The number of hydrogen-bond donors (Lipinski definition) is 1. The largest absolute Gasteiger partial charge is 0.494 e. The summed E-state index contributed by atoms with van der Waals surface area (Å²) < 4.78 is 11.1. The van der Waals surface area contributed by atoms with E-state index < -0.39 is 0 Å². The number of ether oxygens (including phenoxy) is 1. The highest BCUT2D eigenvalue weighted by Gasteiger charge is 2.18. The number of rotatable bonds is 10. The highest BCUT2D eigenvalue weighted by Crippen LogP contribution is 2.18. The van der Waals surface area contributed by atoms with Crippen LogP contribution in [0.1, 0.15) is 48.3 Å². The van der Waals surface area contributed by atoms with Crippen LogP contribution in [0.25, 0.3) is 0 Å². The van der Waals surface area contributed by atoms with Gasteiger partial charge in [0.1, 0.15) is 11.5 Å². The Kier molecular flexibility index (Phi) is 7.54. The van der Waals surface area contributed by atoms with E-state index in [-0.39, 0.29) is 11.9 Å². The third kappa shape index (κ3) is 5.94. The van der Waals surface area contributed by atoms with E-state index in [2.05, 4.69) is 12.2 Å². The van der Waals surface area contributed by atoms with Crippen LogP contribution in [-0.2, 0) is 0 Å². The van der Waals surface area contributed by atoms with Gasteiger partial charge in [-0.05, 0) is 56.9 Å². The molecule has 0 aliphatic rings. The Morgan fingerprint density at radius 3 is 2.56 bits per heavy atom. The number of furan rings is 1. The van der Waals surface area contributed by atoms with Crippen molar-refractivity contribution in [3.63, 3.8) is 0 Å². The number of unbranched alkanes of at least 4 members (excludes halogenated alkanes) is 2. The van der Waals surface area contributed by atoms with Crippen LogP contribution in [0.3, 0.4) is 0 Å². The van der Waals surface area contributed by atoms with E-state index in [4.69, 9.17) is 9.15 Å². The average Bonchev–Trinajstić information content (AvgIpc) is 3.13. The van der Waals surface area contributed by atoms with Crippen molar-refractivity contribution < 1.29 is 13.9 Å². The summed E-state index contributed by atoms with van der Waals surface area (Å²) in [5.74, 6) is 1.53. The van der Waals surface area contributed by atoms with E-state index in [9.17, 15) is 4.79 Å². The van der Waals surface area contributed by atoms with Crippen LogP contribution < -0.4 is 10.1 Å². The molecule has 1 aromatic carbocycles. The average molecular weight is 344 g/mol. The summed E-state index contributed by atoms with van der Waals surface area (Å²) in [5, 5.41) is 2.97. The second kappa shape index (κ2) is 9.89. The lowest BCUT2D eigenvalue weighted by molar-refractivity contribution is 0.0939. The van der Waals surface area contributed by atoms with E-state index in [1.165, 1.54) is 12.8 Å². The van der Waals surface area contributed by atoms with Gasteiger partial charge >= 0.3 is 0 Å². The Balaban J connectivity index is 1.85. The molecular formula is C20H28N2O3. The molecule has 0 aliphatic carbocycles. The van der Waals surface area contributed by atoms with E-state index in [1.54, 1.807) is 18.4 Å². The summed E-state index contributed by atoms with van der Waals surface area (Å²) in [5.41, 5.74) is 0.623. The fourth-order valence-electron chi connectivity index (χ4n) is 2.55. The minimum Gasteiger partial charge on any atom is -0.494 e. The molecule has 0 fully saturated rings. The lowest BCUT2D eigenvalue weighted by Gasteiger charge is -2.22. The Hall–Kier alpha value is -2.27. The first-order chi connectivity index (χ1) is 12.1. The maximum Gasteiger partial charge on any atom is 0.251 e. The van der Waals surface area contributed by atoms with Gasteiger partial charge < -0.3 is 14.5 Å². The molecule has 0 aliphatic heterocycles. The van der Waals surface area contributed by atoms with Gasteiger partial charge in [-0.1, -0.05) is 19.8 Å². The topological polar surface area (TPSA) is 54.7 Å². The first-order valence-electron chi connectivity index (χ1n) is 8.82. The molecule has 25 heavy (non-hydrogen) atoms. The molecule has 2 rings (SSSR count). The number of hydrogen-bond acceptors (Lipinski definition) is 4. The molecule has 1 amide bonds. The van der Waals surface area contributed by atoms with E-state index in [1.807, 2.05) is 43.3 Å². The summed E-state index contributed by atoms with van der Waals surface area (Å²) in [6, 6.07) is 11.0. The van der Waals surface area contributed by atoms with Crippen LogP contribution in [0.4, 0.5) is 0 Å². The van der Waals surface area contributed by atoms with Gasteiger partial charge in [-0.15, -0.1) is 0 Å². The number of carbonyl (C=O) groups is 1. The Bertz CT molecular complexity index is 621. The number of benzene rings is 1. The molecule has 136 valence electrons. The lowest BCUT2D eigenvalue weighted by Crippen LogP contribution is -2.34. The minimum absolute atomic E-state index is 0.000113. The highest BCUT2D eigenvalue weighted by atomic mass is 16.5. The number of carbonyl (C=O) groups excluding carboxylic acids is 1. The maximum absolute atomic E-state index is 12.4. The summed E-state index contributed by atoms with van der Waals surface area (Å²) >= 11 is 0. The van der Waals surface area contributed by atoms with E-state index in [0.29, 0.717) is 18.7 Å². The minimum atomic E-state index is -0.101. The zero-order chi connectivity index (χ0) is 18.1. The summed E-state index contributed by atoms with van der Waals surface area (Å²) in [6.07, 6.45) is 5.04. The number of nitrogens with one attached hydrogen (secondary N) is 1. The van der Waals surface area contributed by atoms with Crippen molar-refractivity contribution in [2.24, 2.45) is 0 Å². The van der Waals surface area contributed by atoms with Crippen LogP contribution in [0, 0.1) is 0 Å². The first kappa shape index (κ1) is 19.1. The van der Waals surface area contributed by atoms with Gasteiger partial charge in [0, 0.05) is 12.1 Å². The van der Waals surface area contributed by atoms with E-state index in [0.717, 1.165) is 17.9 Å². The van der Waals surface area contributed by atoms with Crippen LogP contribution in [-0.4, -0.2) is 38.1 Å². The maximum atomic E-state index is 12.4. The molecule has 2 aromatic rings. The molecule has 5 nitrogen and oxygen atoms in total. The zero-order valence-electron chi connectivity index (χ0n) is 15.3. The second-order valence-electron chi connectivity index (χ2n) is 6.28. The van der Waals surface area contributed by atoms with Crippen molar-refractivity contribution in [2.45, 2.75) is 32.2 Å². The van der Waals surface area contributed by atoms with Crippen molar-refractivity contribution in [2.75, 3.05) is 27.2 Å². The Morgan fingerprint density at radius 1 is 1.20 bits per heavy atom. The van der Waals surface area contributed by atoms with Gasteiger partial charge in [-0.25, -0.2) is 0 Å². The van der Waals surface area contributed by atoms with Crippen LogP contribution >= 0.6 is 0 Å². The zero-order valence-corrected chi connectivity index (χ0v) is 15.3. The summed E-state index contributed by atoms with van der Waals surface area (Å²) in [6.45, 7) is 3.36. The van der Waals surface area contributed by atoms with E-state index >= 15 is 0 Å². The van der Waals surface area contributed by atoms with Gasteiger partial charge in [0.25, 0.3) is 5.91 Å². The molecule has 1 N–H and O–H groups in total. The number of amides is 1. The third-order valence-corrected chi connectivity index (χ3v) is 4.08. The van der Waals surface area contributed by atoms with Crippen molar-refractivity contribution >= 4 is 5.91 Å². The van der Waals surface area contributed by atoms with Crippen molar-refractivity contribution in [3.8, 4) is 5.75 Å². The van der Waals surface area contributed by atoms with Crippen molar-refractivity contribution in [1.82, 2.24) is 10.2 Å². The molecule has 1 aromatic heterocycles. The first-order valence-corrected chi connectivity index (χ1v) is 8.82. The van der Waals surface area contributed by atoms with Gasteiger partial charge in [-0.2, -0.15) is 0 Å². The quantitative estimate of drug-likeness (QED) is 0.665. The number of nitrogens with zero attached hydrogens (tertiary/aromatic N) is 1. The fourth-order valence-corrected chi connectivity index (χ4v) is 2.55. The number of likely N-dealkylation sites (N-methyl/N-ethyl adjacent to an activating group) is 1. The van der Waals surface area contributed by atoms with Gasteiger partial charge in [0.15, 0.2) is 0 Å². The standard InChI is InChI=1S/C20H28N2O3/c1-4-5-6-13-24-17-11-9-16(10-12-17)20(23)21-15-18(22(2)3)19-8-7-14-25-19/h7-12,14,18H,4-6,13,15H2,1-3H3,(H,21,23)/t18-/m0/s1. The lowest BCUT2D eigenvalue weighted by atomic mass is 10.1. The van der Waals surface area contributed by atoms with Gasteiger partial charge in [-0.3, -0.25) is 9.69 Å². The predicted octanol–water partition coefficient (Wildman–Crippen LogP) is 3.88. The SMILES string of the molecule is CCCCCOc1ccc(C(=O)NC[C@@H](c2ccco2)N(C)C)cc1. The molecule has 0 saturated carbocycles. The summed E-state index contributed by atoms with van der Waals surface area (Å²) in [4.78, 5) is 14.4. The Labute approximate surface area is 150 Å². The molecule has 1 heterocycles. The molecule has 0 spiro atoms. The van der Waals surface area contributed by atoms with Crippen LogP contribution in [0.5, 0.6) is 5.75 Å².